The van der Waals surface area contributed by atoms with E-state index in [1.807, 2.05) is 14.0 Å². The number of thiol groups is 1. The zero-order valence-corrected chi connectivity index (χ0v) is 6.23. The van der Waals surface area contributed by atoms with Gasteiger partial charge in [0.25, 0.3) is 0 Å². The lowest BCUT2D eigenvalue weighted by atomic mass is 10.3. The quantitative estimate of drug-likeness (QED) is 0.552. The van der Waals surface area contributed by atoms with E-state index in [-0.39, 0.29) is 6.10 Å². The van der Waals surface area contributed by atoms with Gasteiger partial charge in [-0.3, -0.25) is 4.31 Å². The SMILES string of the molecule is CCC(O)CN(C)S. The fourth-order valence-electron chi connectivity index (χ4n) is 0.434. The Hall–Kier alpha value is 0.270. The van der Waals surface area contributed by atoms with Gasteiger partial charge < -0.3 is 5.11 Å². The molecule has 0 saturated carbocycles. The van der Waals surface area contributed by atoms with Crippen molar-refractivity contribution in [1.82, 2.24) is 4.31 Å². The van der Waals surface area contributed by atoms with Crippen LogP contribution in [0.25, 0.3) is 0 Å². The highest BCUT2D eigenvalue weighted by molar-refractivity contribution is 7.77. The van der Waals surface area contributed by atoms with E-state index in [1.165, 1.54) is 0 Å². The zero-order chi connectivity index (χ0) is 6.57. The van der Waals surface area contributed by atoms with Crippen LogP contribution in [0.4, 0.5) is 0 Å². The molecule has 0 amide bonds. The molecule has 0 heterocycles. The fourth-order valence-corrected chi connectivity index (χ4v) is 0.623. The number of hydrogen-bond acceptors (Lipinski definition) is 3. The molecule has 0 aliphatic heterocycles. The summed E-state index contributed by atoms with van der Waals surface area (Å²) in [6.45, 7) is 2.58. The fraction of sp³-hybridized carbons (Fsp3) is 1.00. The minimum atomic E-state index is -0.225. The first-order valence-electron chi connectivity index (χ1n) is 2.75. The van der Waals surface area contributed by atoms with Gasteiger partial charge >= 0.3 is 0 Å². The second-order valence-corrected chi connectivity index (χ2v) is 2.59. The number of aliphatic hydroxyl groups excluding tert-OH is 1. The van der Waals surface area contributed by atoms with Crippen molar-refractivity contribution in [3.8, 4) is 0 Å². The van der Waals surface area contributed by atoms with Gasteiger partial charge in [0.05, 0.1) is 6.10 Å². The highest BCUT2D eigenvalue weighted by Crippen LogP contribution is 1.94. The van der Waals surface area contributed by atoms with Gasteiger partial charge in [0.15, 0.2) is 0 Å². The monoisotopic (exact) mass is 135 g/mol. The molecule has 1 atom stereocenters. The van der Waals surface area contributed by atoms with Crippen LogP contribution in [0.3, 0.4) is 0 Å². The minimum Gasteiger partial charge on any atom is -0.392 e. The molecule has 0 radical (unpaired) electrons. The topological polar surface area (TPSA) is 23.5 Å². The molecule has 0 aromatic heterocycles. The van der Waals surface area contributed by atoms with Gasteiger partial charge in [-0.05, 0) is 13.5 Å². The summed E-state index contributed by atoms with van der Waals surface area (Å²) in [5, 5.41) is 8.94. The molecule has 1 N–H and O–H groups in total. The molecule has 0 aliphatic carbocycles. The molecule has 0 bridgehead atoms. The molecular formula is C5H13NOS. The van der Waals surface area contributed by atoms with Crippen LogP contribution in [0, 0.1) is 0 Å². The molecule has 0 saturated heterocycles. The van der Waals surface area contributed by atoms with Gasteiger partial charge in [-0.25, -0.2) is 0 Å². The van der Waals surface area contributed by atoms with Crippen molar-refractivity contribution in [3.63, 3.8) is 0 Å². The van der Waals surface area contributed by atoms with Crippen molar-refractivity contribution in [2.75, 3.05) is 13.6 Å². The first kappa shape index (κ1) is 8.27. The molecule has 8 heavy (non-hydrogen) atoms. The lowest BCUT2D eigenvalue weighted by molar-refractivity contribution is 0.152. The maximum Gasteiger partial charge on any atom is 0.0673 e. The summed E-state index contributed by atoms with van der Waals surface area (Å²) >= 11 is 3.96. The van der Waals surface area contributed by atoms with E-state index in [4.69, 9.17) is 5.11 Å². The summed E-state index contributed by atoms with van der Waals surface area (Å²) in [5.74, 6) is 0. The van der Waals surface area contributed by atoms with Gasteiger partial charge in [-0.1, -0.05) is 19.7 Å². The molecule has 0 fully saturated rings. The van der Waals surface area contributed by atoms with E-state index in [0.717, 1.165) is 6.42 Å². The Morgan fingerprint density at radius 3 is 2.38 bits per heavy atom. The van der Waals surface area contributed by atoms with Crippen molar-refractivity contribution in [2.45, 2.75) is 19.4 Å². The van der Waals surface area contributed by atoms with Crippen LogP contribution >= 0.6 is 12.8 Å². The van der Waals surface area contributed by atoms with E-state index < -0.39 is 0 Å². The highest BCUT2D eigenvalue weighted by Gasteiger charge is 2.00. The third kappa shape index (κ3) is 4.43. The number of nitrogens with zero attached hydrogens (tertiary/aromatic N) is 1. The van der Waals surface area contributed by atoms with Gasteiger partial charge in [0.2, 0.25) is 0 Å². The Kier molecular flexibility index (Phi) is 4.32. The van der Waals surface area contributed by atoms with Crippen LogP contribution < -0.4 is 0 Å². The number of likely N-dealkylation sites (N-methyl/N-ethyl adjacent to an activating group) is 1. The second kappa shape index (κ2) is 4.18. The van der Waals surface area contributed by atoms with Crippen molar-refractivity contribution in [1.29, 1.82) is 0 Å². The summed E-state index contributed by atoms with van der Waals surface area (Å²) in [5.41, 5.74) is 0. The molecule has 0 spiro atoms. The average Bonchev–Trinajstić information content (AvgIpc) is 1.65. The molecule has 0 aromatic carbocycles. The minimum absolute atomic E-state index is 0.225. The van der Waals surface area contributed by atoms with Crippen LogP contribution in [0.1, 0.15) is 13.3 Å². The number of rotatable bonds is 3. The Morgan fingerprint density at radius 2 is 2.25 bits per heavy atom. The summed E-state index contributed by atoms with van der Waals surface area (Å²) in [4.78, 5) is 0. The van der Waals surface area contributed by atoms with Crippen LogP contribution in [-0.4, -0.2) is 29.1 Å². The maximum atomic E-state index is 8.94. The van der Waals surface area contributed by atoms with Crippen LogP contribution in [-0.2, 0) is 0 Å². The Labute approximate surface area is 56.0 Å². The van der Waals surface area contributed by atoms with Gasteiger partial charge in [0.1, 0.15) is 0 Å². The first-order chi connectivity index (χ1) is 3.66. The predicted molar refractivity (Wildman–Crippen MR) is 37.9 cm³/mol. The molecular weight excluding hydrogens is 122 g/mol. The van der Waals surface area contributed by atoms with Crippen molar-refractivity contribution >= 4 is 12.8 Å². The largest absolute Gasteiger partial charge is 0.392 e. The Balaban J connectivity index is 3.10. The average molecular weight is 135 g/mol. The lowest BCUT2D eigenvalue weighted by Gasteiger charge is -2.11. The van der Waals surface area contributed by atoms with E-state index in [0.29, 0.717) is 6.54 Å². The first-order valence-corrected chi connectivity index (χ1v) is 3.15. The molecule has 2 nitrogen and oxygen atoms in total. The third-order valence-corrected chi connectivity index (χ3v) is 1.11. The van der Waals surface area contributed by atoms with Crippen LogP contribution in [0.2, 0.25) is 0 Å². The van der Waals surface area contributed by atoms with E-state index in [9.17, 15) is 0 Å². The molecule has 3 heteroatoms. The zero-order valence-electron chi connectivity index (χ0n) is 5.33. The summed E-state index contributed by atoms with van der Waals surface area (Å²) in [7, 11) is 1.82. The standard InChI is InChI=1S/C5H13NOS/c1-3-5(7)4-6(2)8/h5,7-8H,3-4H2,1-2H3. The predicted octanol–water partition coefficient (Wildman–Crippen LogP) is 0.534. The van der Waals surface area contributed by atoms with Gasteiger partial charge in [0, 0.05) is 6.54 Å². The van der Waals surface area contributed by atoms with Crippen LogP contribution in [0.15, 0.2) is 0 Å². The summed E-state index contributed by atoms with van der Waals surface area (Å²) < 4.78 is 1.67. The summed E-state index contributed by atoms with van der Waals surface area (Å²) in [6, 6.07) is 0. The van der Waals surface area contributed by atoms with Crippen molar-refractivity contribution in [3.05, 3.63) is 0 Å². The van der Waals surface area contributed by atoms with E-state index in [1.54, 1.807) is 4.31 Å². The van der Waals surface area contributed by atoms with Gasteiger partial charge in [-0.2, -0.15) is 0 Å². The smallest absolute Gasteiger partial charge is 0.0673 e. The van der Waals surface area contributed by atoms with Gasteiger partial charge in [-0.15, -0.1) is 0 Å². The van der Waals surface area contributed by atoms with Crippen molar-refractivity contribution in [2.24, 2.45) is 0 Å². The Morgan fingerprint density at radius 1 is 1.75 bits per heavy atom. The lowest BCUT2D eigenvalue weighted by Crippen LogP contribution is -2.21. The highest BCUT2D eigenvalue weighted by atomic mass is 32.1. The third-order valence-electron chi connectivity index (χ3n) is 0.946. The molecule has 0 aliphatic rings. The second-order valence-electron chi connectivity index (χ2n) is 1.90. The number of hydrogen-bond donors (Lipinski definition) is 2. The van der Waals surface area contributed by atoms with E-state index in [2.05, 4.69) is 12.8 Å². The molecule has 0 rings (SSSR count). The Bertz CT molecular complexity index is 58.4. The molecule has 0 aromatic rings. The maximum absolute atomic E-state index is 8.94. The molecule has 50 valence electrons. The number of aliphatic hydroxyl groups is 1. The van der Waals surface area contributed by atoms with Crippen molar-refractivity contribution < 1.29 is 5.11 Å². The molecule has 1 unspecified atom stereocenters. The van der Waals surface area contributed by atoms with E-state index >= 15 is 0 Å². The summed E-state index contributed by atoms with van der Waals surface area (Å²) in [6.07, 6.45) is 0.572. The normalized spacial score (nSPS) is 14.6. The van der Waals surface area contributed by atoms with Crippen LogP contribution in [0.5, 0.6) is 0 Å².